The zero-order chi connectivity index (χ0) is 7.84. The van der Waals surface area contributed by atoms with E-state index in [1.54, 1.807) is 0 Å². The molecule has 64 valence electrons. The van der Waals surface area contributed by atoms with Crippen molar-refractivity contribution in [1.82, 2.24) is 10.6 Å². The Morgan fingerprint density at radius 2 is 1.91 bits per heavy atom. The van der Waals surface area contributed by atoms with Crippen molar-refractivity contribution in [3.05, 3.63) is 0 Å². The molecule has 0 aliphatic carbocycles. The highest BCUT2D eigenvalue weighted by Gasteiger charge is 2.33. The third-order valence-electron chi connectivity index (χ3n) is 3.32. The normalized spacial score (nSPS) is 50.7. The Hall–Kier alpha value is -0.0800. The summed E-state index contributed by atoms with van der Waals surface area (Å²) < 4.78 is 0. The van der Waals surface area contributed by atoms with Gasteiger partial charge in [0.05, 0.1) is 0 Å². The molecule has 2 N–H and O–H groups in total. The molecule has 2 nitrogen and oxygen atoms in total. The first kappa shape index (κ1) is 7.56. The summed E-state index contributed by atoms with van der Waals surface area (Å²) in [6.45, 7) is 5.80. The molecule has 3 saturated heterocycles. The molecule has 0 aromatic heterocycles. The van der Waals surface area contributed by atoms with Crippen LogP contribution in [0.3, 0.4) is 0 Å². The number of piperidine rings is 1. The molecular weight excluding hydrogens is 136 g/mol. The SMILES string of the molecule is CC1NCC2CCC1C(C)N2. The first-order valence-electron chi connectivity index (χ1n) is 4.77. The highest BCUT2D eigenvalue weighted by Crippen LogP contribution is 2.25. The van der Waals surface area contributed by atoms with Gasteiger partial charge in [-0.25, -0.2) is 0 Å². The molecule has 3 aliphatic rings. The van der Waals surface area contributed by atoms with Crippen LogP contribution < -0.4 is 10.6 Å². The second kappa shape index (κ2) is 2.76. The molecule has 2 bridgehead atoms. The molecule has 0 aromatic carbocycles. The van der Waals surface area contributed by atoms with Crippen LogP contribution in [0.15, 0.2) is 0 Å². The van der Waals surface area contributed by atoms with Crippen LogP contribution in [0.4, 0.5) is 0 Å². The topological polar surface area (TPSA) is 24.1 Å². The van der Waals surface area contributed by atoms with E-state index in [1.807, 2.05) is 0 Å². The van der Waals surface area contributed by atoms with Gasteiger partial charge in [0.2, 0.25) is 0 Å². The molecule has 3 aliphatic heterocycles. The van der Waals surface area contributed by atoms with Crippen LogP contribution >= 0.6 is 0 Å². The van der Waals surface area contributed by atoms with E-state index < -0.39 is 0 Å². The first-order valence-corrected chi connectivity index (χ1v) is 4.77. The maximum Gasteiger partial charge on any atom is 0.0195 e. The van der Waals surface area contributed by atoms with E-state index in [9.17, 15) is 0 Å². The van der Waals surface area contributed by atoms with Gasteiger partial charge in [0.15, 0.2) is 0 Å². The summed E-state index contributed by atoms with van der Waals surface area (Å²) in [4.78, 5) is 0. The Labute approximate surface area is 68.7 Å². The second-order valence-electron chi connectivity index (χ2n) is 4.09. The lowest BCUT2D eigenvalue weighted by molar-refractivity contribution is 0.254. The molecule has 0 saturated carbocycles. The van der Waals surface area contributed by atoms with Crippen LogP contribution in [-0.4, -0.2) is 24.7 Å². The summed E-state index contributed by atoms with van der Waals surface area (Å²) in [6, 6.07) is 2.18. The lowest BCUT2D eigenvalue weighted by Gasteiger charge is -2.32. The van der Waals surface area contributed by atoms with Crippen molar-refractivity contribution in [3.8, 4) is 0 Å². The van der Waals surface area contributed by atoms with Gasteiger partial charge in [0.1, 0.15) is 0 Å². The summed E-state index contributed by atoms with van der Waals surface area (Å²) in [5, 5.41) is 7.22. The van der Waals surface area contributed by atoms with Crippen molar-refractivity contribution in [2.75, 3.05) is 6.54 Å². The van der Waals surface area contributed by atoms with Crippen LogP contribution in [-0.2, 0) is 0 Å². The Morgan fingerprint density at radius 1 is 1.09 bits per heavy atom. The molecule has 11 heavy (non-hydrogen) atoms. The van der Waals surface area contributed by atoms with Crippen LogP contribution in [0.5, 0.6) is 0 Å². The van der Waals surface area contributed by atoms with Crippen LogP contribution in [0.1, 0.15) is 26.7 Å². The molecule has 0 amide bonds. The molecule has 4 unspecified atom stereocenters. The molecule has 2 heteroatoms. The van der Waals surface area contributed by atoms with Gasteiger partial charge >= 0.3 is 0 Å². The van der Waals surface area contributed by atoms with Gasteiger partial charge < -0.3 is 10.6 Å². The van der Waals surface area contributed by atoms with Gasteiger partial charge in [-0.15, -0.1) is 0 Å². The molecule has 0 aromatic rings. The molecule has 4 atom stereocenters. The number of rotatable bonds is 0. The van der Waals surface area contributed by atoms with Crippen molar-refractivity contribution in [2.45, 2.75) is 44.8 Å². The van der Waals surface area contributed by atoms with E-state index in [-0.39, 0.29) is 0 Å². The summed E-state index contributed by atoms with van der Waals surface area (Å²) in [5.41, 5.74) is 0. The summed E-state index contributed by atoms with van der Waals surface area (Å²) in [7, 11) is 0. The maximum atomic E-state index is 3.65. The van der Waals surface area contributed by atoms with E-state index in [0.29, 0.717) is 6.04 Å². The predicted molar refractivity (Wildman–Crippen MR) is 46.6 cm³/mol. The average molecular weight is 154 g/mol. The first-order chi connectivity index (χ1) is 5.27. The summed E-state index contributed by atoms with van der Waals surface area (Å²) in [5.74, 6) is 0.855. The van der Waals surface area contributed by atoms with Crippen LogP contribution in [0.2, 0.25) is 0 Å². The molecular formula is C9H18N2. The molecule has 0 spiro atoms. The zero-order valence-corrected chi connectivity index (χ0v) is 7.43. The third-order valence-corrected chi connectivity index (χ3v) is 3.32. The maximum absolute atomic E-state index is 3.65. The van der Waals surface area contributed by atoms with E-state index >= 15 is 0 Å². The van der Waals surface area contributed by atoms with E-state index in [4.69, 9.17) is 0 Å². The lowest BCUT2D eigenvalue weighted by atomic mass is 9.86. The van der Waals surface area contributed by atoms with E-state index in [0.717, 1.165) is 18.0 Å². The zero-order valence-electron chi connectivity index (χ0n) is 7.43. The molecule has 3 rings (SSSR count). The number of fused-ring (bicyclic) bond motifs is 4. The summed E-state index contributed by atoms with van der Waals surface area (Å²) >= 11 is 0. The van der Waals surface area contributed by atoms with Crippen LogP contribution in [0.25, 0.3) is 0 Å². The fraction of sp³-hybridized carbons (Fsp3) is 1.00. The number of nitrogens with one attached hydrogen (secondary N) is 2. The molecule has 3 heterocycles. The van der Waals surface area contributed by atoms with Gasteiger partial charge in [-0.2, -0.15) is 0 Å². The highest BCUT2D eigenvalue weighted by atomic mass is 15.1. The van der Waals surface area contributed by atoms with Crippen molar-refractivity contribution in [3.63, 3.8) is 0 Å². The minimum atomic E-state index is 0.713. The minimum Gasteiger partial charge on any atom is -0.312 e. The van der Waals surface area contributed by atoms with Crippen LogP contribution in [0, 0.1) is 5.92 Å². The number of hydrogen-bond donors (Lipinski definition) is 2. The highest BCUT2D eigenvalue weighted by molar-refractivity contribution is 4.94. The van der Waals surface area contributed by atoms with Crippen molar-refractivity contribution < 1.29 is 0 Å². The quantitative estimate of drug-likeness (QED) is 0.537. The van der Waals surface area contributed by atoms with Gasteiger partial charge in [0.25, 0.3) is 0 Å². The molecule has 3 fully saturated rings. The Morgan fingerprint density at radius 3 is 2.64 bits per heavy atom. The summed E-state index contributed by atoms with van der Waals surface area (Å²) in [6.07, 6.45) is 2.78. The average Bonchev–Trinajstić information content (AvgIpc) is 2.21. The predicted octanol–water partition coefficient (Wildman–Crippen LogP) is 0.735. The monoisotopic (exact) mass is 154 g/mol. The standard InChI is InChI=1S/C9H18N2/c1-6-9-4-3-8(5-10-6)11-7(9)2/h6-11H,3-5H2,1-2H3. The van der Waals surface area contributed by atoms with Gasteiger partial charge in [-0.3, -0.25) is 0 Å². The van der Waals surface area contributed by atoms with Gasteiger partial charge in [0, 0.05) is 24.7 Å². The lowest BCUT2D eigenvalue weighted by Crippen LogP contribution is -2.46. The largest absolute Gasteiger partial charge is 0.312 e. The van der Waals surface area contributed by atoms with Crippen molar-refractivity contribution in [2.24, 2.45) is 5.92 Å². The fourth-order valence-corrected chi connectivity index (χ4v) is 2.55. The van der Waals surface area contributed by atoms with Gasteiger partial charge in [-0.1, -0.05) is 0 Å². The van der Waals surface area contributed by atoms with Crippen molar-refractivity contribution in [1.29, 1.82) is 0 Å². The van der Waals surface area contributed by atoms with Crippen molar-refractivity contribution >= 4 is 0 Å². The Kier molecular flexibility index (Phi) is 1.90. The Bertz CT molecular complexity index is 142. The van der Waals surface area contributed by atoms with E-state index in [1.165, 1.54) is 19.4 Å². The second-order valence-corrected chi connectivity index (χ2v) is 4.09. The Balaban J connectivity index is 2.13. The number of hydrogen-bond acceptors (Lipinski definition) is 2. The fourth-order valence-electron chi connectivity index (χ4n) is 2.55. The minimum absolute atomic E-state index is 0.713. The van der Waals surface area contributed by atoms with Gasteiger partial charge in [-0.05, 0) is 32.6 Å². The van der Waals surface area contributed by atoms with E-state index in [2.05, 4.69) is 24.5 Å². The third kappa shape index (κ3) is 1.30. The smallest absolute Gasteiger partial charge is 0.0195 e. The molecule has 0 radical (unpaired) electrons.